The van der Waals surface area contributed by atoms with E-state index in [-0.39, 0.29) is 23.3 Å². The van der Waals surface area contributed by atoms with Crippen LogP contribution in [0.15, 0.2) is 46.1 Å². The van der Waals surface area contributed by atoms with Gasteiger partial charge < -0.3 is 5.32 Å². The maximum Gasteiger partial charge on any atom is 0.332 e. The van der Waals surface area contributed by atoms with Gasteiger partial charge in [-0.2, -0.15) is 5.10 Å². The number of aromatic nitrogens is 6. The summed E-state index contributed by atoms with van der Waals surface area (Å²) in [5, 5.41) is 7.45. The van der Waals surface area contributed by atoms with Crippen LogP contribution in [-0.2, 0) is 20.6 Å². The quantitative estimate of drug-likeness (QED) is 0.522. The number of carbonyl (C=O) groups excluding carboxylic acids is 1. The minimum Gasteiger partial charge on any atom is -0.347 e. The molecule has 31 heavy (non-hydrogen) atoms. The Morgan fingerprint density at radius 3 is 2.48 bits per heavy atom. The number of aryl methyl sites for hydroxylation is 3. The highest BCUT2D eigenvalue weighted by atomic mass is 16.2. The van der Waals surface area contributed by atoms with Crippen molar-refractivity contribution in [3.8, 4) is 5.82 Å². The monoisotopic (exact) mass is 419 g/mol. The molecule has 0 unspecified atom stereocenters. The molecule has 4 heterocycles. The number of pyridine rings is 2. The average Bonchev–Trinajstić information content (AvgIpc) is 3.12. The summed E-state index contributed by atoms with van der Waals surface area (Å²) < 4.78 is 4.01. The number of nitrogens with one attached hydrogen (secondary N) is 1. The van der Waals surface area contributed by atoms with Crippen LogP contribution in [0.25, 0.3) is 16.9 Å². The molecule has 0 saturated carbocycles. The van der Waals surface area contributed by atoms with Crippen molar-refractivity contribution in [2.75, 3.05) is 0 Å². The van der Waals surface area contributed by atoms with Gasteiger partial charge in [0.1, 0.15) is 11.3 Å². The molecule has 0 aliphatic carbocycles. The van der Waals surface area contributed by atoms with Crippen LogP contribution < -0.4 is 16.6 Å². The topological polar surface area (TPSA) is 117 Å². The first-order valence-corrected chi connectivity index (χ1v) is 9.60. The van der Waals surface area contributed by atoms with E-state index in [2.05, 4.69) is 20.4 Å². The van der Waals surface area contributed by atoms with Crippen LogP contribution in [-0.4, -0.2) is 34.8 Å². The van der Waals surface area contributed by atoms with E-state index >= 15 is 0 Å². The van der Waals surface area contributed by atoms with Crippen LogP contribution in [0.4, 0.5) is 0 Å². The standard InChI is InChI=1S/C21H21N7O3/c1-12-9-13(2)28(25-12)17-8-5-14(10-22-17)11-23-19(29)16-7-6-15-18(24-16)26(3)21(31)27(4)20(15)30/h5-10H,11H2,1-4H3,(H,23,29). The highest BCUT2D eigenvalue weighted by Gasteiger charge is 2.14. The normalized spacial score (nSPS) is 11.1. The molecular formula is C21H21N7O3. The minimum absolute atomic E-state index is 0.114. The first kappa shape index (κ1) is 20.2. The Morgan fingerprint density at radius 2 is 1.84 bits per heavy atom. The first-order valence-electron chi connectivity index (χ1n) is 9.60. The third-order valence-electron chi connectivity index (χ3n) is 5.02. The third kappa shape index (κ3) is 3.63. The van der Waals surface area contributed by atoms with Gasteiger partial charge in [0.15, 0.2) is 5.82 Å². The Bertz CT molecular complexity index is 1430. The van der Waals surface area contributed by atoms with Crippen molar-refractivity contribution in [1.82, 2.24) is 34.2 Å². The van der Waals surface area contributed by atoms with Crippen molar-refractivity contribution in [1.29, 1.82) is 0 Å². The van der Waals surface area contributed by atoms with Gasteiger partial charge in [-0.15, -0.1) is 0 Å². The fourth-order valence-electron chi connectivity index (χ4n) is 3.36. The van der Waals surface area contributed by atoms with Gasteiger partial charge in [-0.3, -0.25) is 18.7 Å². The molecule has 0 aliphatic heterocycles. The van der Waals surface area contributed by atoms with Gasteiger partial charge in [-0.25, -0.2) is 19.4 Å². The van der Waals surface area contributed by atoms with Crippen LogP contribution >= 0.6 is 0 Å². The number of amides is 1. The van der Waals surface area contributed by atoms with Gasteiger partial charge >= 0.3 is 5.69 Å². The molecule has 0 bridgehead atoms. The molecule has 158 valence electrons. The molecule has 4 aromatic rings. The molecule has 4 aromatic heterocycles. The third-order valence-corrected chi connectivity index (χ3v) is 5.02. The van der Waals surface area contributed by atoms with Crippen molar-refractivity contribution in [3.63, 3.8) is 0 Å². The predicted octanol–water partition coefficient (Wildman–Crippen LogP) is 0.760. The highest BCUT2D eigenvalue weighted by molar-refractivity contribution is 5.94. The average molecular weight is 419 g/mol. The molecule has 0 saturated heterocycles. The first-order chi connectivity index (χ1) is 14.8. The molecule has 0 atom stereocenters. The molecule has 0 aliphatic rings. The summed E-state index contributed by atoms with van der Waals surface area (Å²) in [5.41, 5.74) is 2.02. The molecule has 0 spiro atoms. The zero-order chi connectivity index (χ0) is 22.3. The molecule has 1 N–H and O–H groups in total. The van der Waals surface area contributed by atoms with E-state index < -0.39 is 17.2 Å². The second-order valence-corrected chi connectivity index (χ2v) is 7.32. The van der Waals surface area contributed by atoms with E-state index in [1.165, 1.54) is 30.8 Å². The van der Waals surface area contributed by atoms with E-state index in [9.17, 15) is 14.4 Å². The number of rotatable bonds is 4. The molecule has 0 radical (unpaired) electrons. The fourth-order valence-corrected chi connectivity index (χ4v) is 3.36. The Hall–Kier alpha value is -4.08. The Morgan fingerprint density at radius 1 is 1.06 bits per heavy atom. The maximum atomic E-state index is 12.6. The van der Waals surface area contributed by atoms with E-state index in [1.54, 1.807) is 10.9 Å². The van der Waals surface area contributed by atoms with Crippen molar-refractivity contribution >= 4 is 16.9 Å². The zero-order valence-corrected chi connectivity index (χ0v) is 17.6. The minimum atomic E-state index is -0.503. The lowest BCUT2D eigenvalue weighted by Crippen LogP contribution is -2.37. The summed E-state index contributed by atoms with van der Waals surface area (Å²) in [6, 6.07) is 8.64. The summed E-state index contributed by atoms with van der Waals surface area (Å²) in [7, 11) is 2.91. The molecular weight excluding hydrogens is 398 g/mol. The van der Waals surface area contributed by atoms with Gasteiger partial charge in [-0.1, -0.05) is 6.07 Å². The molecule has 10 heteroatoms. The van der Waals surface area contributed by atoms with Crippen LogP contribution in [0.3, 0.4) is 0 Å². The molecule has 0 fully saturated rings. The van der Waals surface area contributed by atoms with E-state index in [4.69, 9.17) is 0 Å². The Labute approximate surface area is 176 Å². The number of hydrogen-bond acceptors (Lipinski definition) is 6. The van der Waals surface area contributed by atoms with E-state index in [0.29, 0.717) is 5.82 Å². The lowest BCUT2D eigenvalue weighted by atomic mass is 10.2. The molecule has 10 nitrogen and oxygen atoms in total. The lowest BCUT2D eigenvalue weighted by Gasteiger charge is -2.09. The van der Waals surface area contributed by atoms with E-state index in [0.717, 1.165) is 21.5 Å². The zero-order valence-electron chi connectivity index (χ0n) is 17.6. The lowest BCUT2D eigenvalue weighted by molar-refractivity contribution is 0.0946. The number of carbonyl (C=O) groups is 1. The van der Waals surface area contributed by atoms with Crippen LogP contribution in [0, 0.1) is 13.8 Å². The fraction of sp³-hybridized carbons (Fsp3) is 0.238. The van der Waals surface area contributed by atoms with Gasteiger partial charge in [0.25, 0.3) is 11.5 Å². The van der Waals surface area contributed by atoms with Crippen LogP contribution in [0.1, 0.15) is 27.4 Å². The van der Waals surface area contributed by atoms with E-state index in [1.807, 2.05) is 32.0 Å². The number of hydrogen-bond donors (Lipinski definition) is 1. The molecule has 0 aromatic carbocycles. The van der Waals surface area contributed by atoms with Crippen LogP contribution in [0.5, 0.6) is 0 Å². The largest absolute Gasteiger partial charge is 0.347 e. The smallest absolute Gasteiger partial charge is 0.332 e. The van der Waals surface area contributed by atoms with Gasteiger partial charge in [0.2, 0.25) is 0 Å². The highest BCUT2D eigenvalue weighted by Crippen LogP contribution is 2.11. The van der Waals surface area contributed by atoms with Crippen LogP contribution in [0.2, 0.25) is 0 Å². The second kappa shape index (κ2) is 7.63. The van der Waals surface area contributed by atoms with Crippen molar-refractivity contribution < 1.29 is 4.79 Å². The maximum absolute atomic E-state index is 12.6. The van der Waals surface area contributed by atoms with Gasteiger partial charge in [0.05, 0.1) is 11.1 Å². The summed E-state index contributed by atoms with van der Waals surface area (Å²) in [4.78, 5) is 45.6. The Kier molecular flexibility index (Phi) is 4.97. The van der Waals surface area contributed by atoms with Crippen molar-refractivity contribution in [3.05, 3.63) is 80.0 Å². The second-order valence-electron chi connectivity index (χ2n) is 7.32. The SMILES string of the molecule is Cc1cc(C)n(-c2ccc(CNC(=O)c3ccc4c(=O)n(C)c(=O)n(C)c4n3)cn2)n1. The van der Waals surface area contributed by atoms with Gasteiger partial charge in [0, 0.05) is 32.5 Å². The molecule has 1 amide bonds. The molecule has 4 rings (SSSR count). The number of nitrogens with zero attached hydrogens (tertiary/aromatic N) is 6. The van der Waals surface area contributed by atoms with Crippen molar-refractivity contribution in [2.24, 2.45) is 14.1 Å². The number of fused-ring (bicyclic) bond motifs is 1. The van der Waals surface area contributed by atoms with Gasteiger partial charge in [-0.05, 0) is 43.7 Å². The summed E-state index contributed by atoms with van der Waals surface area (Å²) >= 11 is 0. The summed E-state index contributed by atoms with van der Waals surface area (Å²) in [6.45, 7) is 4.13. The summed E-state index contributed by atoms with van der Waals surface area (Å²) in [5.74, 6) is 0.275. The predicted molar refractivity (Wildman–Crippen MR) is 114 cm³/mol. The summed E-state index contributed by atoms with van der Waals surface area (Å²) in [6.07, 6.45) is 1.67. The Balaban J connectivity index is 1.52. The van der Waals surface area contributed by atoms with Crippen molar-refractivity contribution in [2.45, 2.75) is 20.4 Å².